The number of ether oxygens (including phenoxy) is 1. The van der Waals surface area contributed by atoms with Gasteiger partial charge in [-0.2, -0.15) is 5.10 Å². The molecule has 0 spiro atoms. The summed E-state index contributed by atoms with van der Waals surface area (Å²) in [4.78, 5) is 4.22. The molecular formula is C15H12BrN3O. The second-order valence-corrected chi connectivity index (χ2v) is 5.08. The lowest BCUT2D eigenvalue weighted by atomic mass is 10.1. The van der Waals surface area contributed by atoms with Gasteiger partial charge < -0.3 is 4.74 Å². The largest absolute Gasteiger partial charge is 0.487 e. The zero-order valence-corrected chi connectivity index (χ0v) is 12.2. The molecule has 0 saturated heterocycles. The van der Waals surface area contributed by atoms with E-state index in [4.69, 9.17) is 4.74 Å². The SMILES string of the molecule is Brc1cn[nH]c1-c1ccc(OCc2ccccn2)cc1. The first-order chi connectivity index (χ1) is 9.83. The summed E-state index contributed by atoms with van der Waals surface area (Å²) in [5.74, 6) is 0.815. The Morgan fingerprint density at radius 2 is 1.95 bits per heavy atom. The number of nitrogens with one attached hydrogen (secondary N) is 1. The number of nitrogens with zero attached hydrogens (tertiary/aromatic N) is 2. The monoisotopic (exact) mass is 329 g/mol. The van der Waals surface area contributed by atoms with E-state index in [-0.39, 0.29) is 0 Å². The average molecular weight is 330 g/mol. The van der Waals surface area contributed by atoms with Gasteiger partial charge in [-0.05, 0) is 52.3 Å². The molecule has 0 bridgehead atoms. The number of hydrogen-bond donors (Lipinski definition) is 1. The van der Waals surface area contributed by atoms with Gasteiger partial charge in [0.05, 0.1) is 22.1 Å². The molecule has 4 nitrogen and oxygen atoms in total. The number of aromatic amines is 1. The molecule has 3 rings (SSSR count). The van der Waals surface area contributed by atoms with Crippen LogP contribution in [0.25, 0.3) is 11.3 Å². The Morgan fingerprint density at radius 3 is 2.60 bits per heavy atom. The lowest BCUT2D eigenvalue weighted by Gasteiger charge is -2.06. The summed E-state index contributed by atoms with van der Waals surface area (Å²) in [6, 6.07) is 13.6. The first-order valence-corrected chi connectivity index (χ1v) is 6.94. The van der Waals surface area contributed by atoms with Gasteiger partial charge >= 0.3 is 0 Å². The minimum absolute atomic E-state index is 0.466. The van der Waals surface area contributed by atoms with Crippen molar-refractivity contribution in [3.63, 3.8) is 0 Å². The standard InChI is InChI=1S/C15H12BrN3O/c16-14-9-18-19-15(14)11-4-6-13(7-5-11)20-10-12-3-1-2-8-17-12/h1-9H,10H2,(H,18,19). The molecule has 20 heavy (non-hydrogen) atoms. The Hall–Kier alpha value is -2.14. The normalized spacial score (nSPS) is 10.4. The van der Waals surface area contributed by atoms with Crippen LogP contribution < -0.4 is 4.74 Å². The number of hydrogen-bond acceptors (Lipinski definition) is 3. The lowest BCUT2D eigenvalue weighted by Crippen LogP contribution is -1.97. The number of halogens is 1. The average Bonchev–Trinajstić information content (AvgIpc) is 2.93. The van der Waals surface area contributed by atoms with Crippen LogP contribution in [0.1, 0.15) is 5.69 Å². The molecule has 0 fully saturated rings. The number of H-pyrrole nitrogens is 1. The maximum Gasteiger partial charge on any atom is 0.130 e. The third-order valence-electron chi connectivity index (χ3n) is 2.85. The van der Waals surface area contributed by atoms with Gasteiger partial charge in [-0.25, -0.2) is 0 Å². The van der Waals surface area contributed by atoms with Gasteiger partial charge in [0, 0.05) is 11.8 Å². The Bertz CT molecular complexity index is 680. The van der Waals surface area contributed by atoms with Crippen molar-refractivity contribution in [2.75, 3.05) is 0 Å². The van der Waals surface area contributed by atoms with Crippen LogP contribution in [-0.4, -0.2) is 15.2 Å². The minimum Gasteiger partial charge on any atom is -0.487 e. The molecule has 1 N–H and O–H groups in total. The summed E-state index contributed by atoms with van der Waals surface area (Å²) in [6.45, 7) is 0.466. The van der Waals surface area contributed by atoms with Crippen LogP contribution in [0.3, 0.4) is 0 Å². The van der Waals surface area contributed by atoms with E-state index in [2.05, 4.69) is 31.1 Å². The Labute approximate surface area is 125 Å². The minimum atomic E-state index is 0.466. The van der Waals surface area contributed by atoms with Gasteiger partial charge in [0.25, 0.3) is 0 Å². The molecule has 0 aliphatic heterocycles. The van der Waals surface area contributed by atoms with Crippen molar-refractivity contribution in [3.05, 3.63) is 65.0 Å². The second kappa shape index (κ2) is 5.88. The van der Waals surface area contributed by atoms with Crippen LogP contribution >= 0.6 is 15.9 Å². The number of aromatic nitrogens is 3. The Morgan fingerprint density at radius 1 is 1.10 bits per heavy atom. The predicted octanol–water partition coefficient (Wildman–Crippen LogP) is 3.81. The molecule has 0 saturated carbocycles. The fourth-order valence-corrected chi connectivity index (χ4v) is 2.25. The highest BCUT2D eigenvalue weighted by molar-refractivity contribution is 9.10. The van der Waals surface area contributed by atoms with Crippen molar-refractivity contribution in [1.29, 1.82) is 0 Å². The molecule has 5 heteroatoms. The fraction of sp³-hybridized carbons (Fsp3) is 0.0667. The molecule has 0 unspecified atom stereocenters. The van der Waals surface area contributed by atoms with Crippen molar-refractivity contribution in [2.24, 2.45) is 0 Å². The Balaban J connectivity index is 1.69. The molecule has 0 aliphatic rings. The third-order valence-corrected chi connectivity index (χ3v) is 3.45. The van der Waals surface area contributed by atoms with Gasteiger partial charge in [0.15, 0.2) is 0 Å². The fourth-order valence-electron chi connectivity index (χ4n) is 1.83. The zero-order valence-electron chi connectivity index (χ0n) is 10.6. The molecule has 1 aromatic carbocycles. The van der Waals surface area contributed by atoms with Gasteiger partial charge in [-0.3, -0.25) is 10.1 Å². The van der Waals surface area contributed by atoms with Crippen LogP contribution in [0.5, 0.6) is 5.75 Å². The maximum absolute atomic E-state index is 5.69. The molecule has 0 amide bonds. The highest BCUT2D eigenvalue weighted by atomic mass is 79.9. The van der Waals surface area contributed by atoms with Crippen molar-refractivity contribution in [3.8, 4) is 17.0 Å². The molecule has 100 valence electrons. The van der Waals surface area contributed by atoms with Crippen LogP contribution in [0, 0.1) is 0 Å². The Kier molecular flexibility index (Phi) is 3.78. The zero-order chi connectivity index (χ0) is 13.8. The highest BCUT2D eigenvalue weighted by Crippen LogP contribution is 2.27. The first-order valence-electron chi connectivity index (χ1n) is 6.15. The summed E-state index contributed by atoms with van der Waals surface area (Å²) >= 11 is 3.45. The van der Waals surface area contributed by atoms with Crippen LogP contribution in [-0.2, 0) is 6.61 Å². The van der Waals surface area contributed by atoms with E-state index in [1.54, 1.807) is 12.4 Å². The van der Waals surface area contributed by atoms with E-state index in [1.807, 2.05) is 42.5 Å². The molecular weight excluding hydrogens is 318 g/mol. The van der Waals surface area contributed by atoms with Gasteiger partial charge in [0.2, 0.25) is 0 Å². The summed E-state index contributed by atoms with van der Waals surface area (Å²) in [5.41, 5.74) is 2.92. The molecule has 2 heterocycles. The lowest BCUT2D eigenvalue weighted by molar-refractivity contribution is 0.301. The van der Waals surface area contributed by atoms with E-state index in [1.165, 1.54) is 0 Å². The topological polar surface area (TPSA) is 50.8 Å². The van der Waals surface area contributed by atoms with Gasteiger partial charge in [-0.15, -0.1) is 0 Å². The summed E-state index contributed by atoms with van der Waals surface area (Å²) in [6.07, 6.45) is 3.50. The molecule has 2 aromatic heterocycles. The van der Waals surface area contributed by atoms with E-state index in [9.17, 15) is 0 Å². The molecule has 0 atom stereocenters. The van der Waals surface area contributed by atoms with E-state index in [0.29, 0.717) is 6.61 Å². The number of benzene rings is 1. The van der Waals surface area contributed by atoms with E-state index < -0.39 is 0 Å². The highest BCUT2D eigenvalue weighted by Gasteiger charge is 2.05. The van der Waals surface area contributed by atoms with Gasteiger partial charge in [0.1, 0.15) is 12.4 Å². The molecule has 0 aliphatic carbocycles. The number of pyridine rings is 1. The van der Waals surface area contributed by atoms with Crippen molar-refractivity contribution >= 4 is 15.9 Å². The van der Waals surface area contributed by atoms with Crippen LogP contribution in [0.2, 0.25) is 0 Å². The summed E-state index contributed by atoms with van der Waals surface area (Å²) in [7, 11) is 0. The smallest absolute Gasteiger partial charge is 0.130 e. The van der Waals surface area contributed by atoms with Crippen molar-refractivity contribution < 1.29 is 4.74 Å². The third kappa shape index (κ3) is 2.88. The summed E-state index contributed by atoms with van der Waals surface area (Å²) < 4.78 is 6.64. The number of rotatable bonds is 4. The molecule has 3 aromatic rings. The van der Waals surface area contributed by atoms with E-state index >= 15 is 0 Å². The van der Waals surface area contributed by atoms with E-state index in [0.717, 1.165) is 27.2 Å². The maximum atomic E-state index is 5.69. The quantitative estimate of drug-likeness (QED) is 0.791. The van der Waals surface area contributed by atoms with Crippen LogP contribution in [0.15, 0.2) is 59.3 Å². The van der Waals surface area contributed by atoms with Crippen molar-refractivity contribution in [2.45, 2.75) is 6.61 Å². The van der Waals surface area contributed by atoms with Gasteiger partial charge in [-0.1, -0.05) is 6.07 Å². The second-order valence-electron chi connectivity index (χ2n) is 4.23. The predicted molar refractivity (Wildman–Crippen MR) is 80.3 cm³/mol. The summed E-state index contributed by atoms with van der Waals surface area (Å²) in [5, 5.41) is 6.94. The van der Waals surface area contributed by atoms with Crippen LogP contribution in [0.4, 0.5) is 0 Å². The van der Waals surface area contributed by atoms with Crippen molar-refractivity contribution in [1.82, 2.24) is 15.2 Å². The molecule has 0 radical (unpaired) electrons. The first kappa shape index (κ1) is 12.9.